The Morgan fingerprint density at radius 3 is 2.46 bits per heavy atom. The second-order valence-corrected chi connectivity index (χ2v) is 5.54. The molecule has 0 unspecified atom stereocenters. The molecule has 2 rings (SSSR count). The molecule has 0 fully saturated rings. The molecule has 1 amide bonds. The van der Waals surface area contributed by atoms with Gasteiger partial charge in [0.25, 0.3) is 5.91 Å². The summed E-state index contributed by atoms with van der Waals surface area (Å²) >= 11 is 0. The van der Waals surface area contributed by atoms with Gasteiger partial charge in [-0.3, -0.25) is 9.59 Å². The number of carbonyl (C=O) groups excluding carboxylic acids is 1. The smallest absolute Gasteiger partial charge is 0.387 e. The molecule has 150 valence electrons. The van der Waals surface area contributed by atoms with Crippen LogP contribution in [0.2, 0.25) is 0 Å². The average molecular weight is 395 g/mol. The predicted octanol–water partition coefficient (Wildman–Crippen LogP) is 3.79. The minimum atomic E-state index is -3.11. The highest BCUT2D eigenvalue weighted by Gasteiger charge is 2.20. The van der Waals surface area contributed by atoms with Gasteiger partial charge in [0.05, 0.1) is 19.3 Å². The summed E-state index contributed by atoms with van der Waals surface area (Å²) in [6, 6.07) is 10.6. The largest absolute Gasteiger partial charge is 0.494 e. The van der Waals surface area contributed by atoms with Crippen LogP contribution < -0.4 is 19.5 Å². The van der Waals surface area contributed by atoms with Crippen LogP contribution in [0, 0.1) is 0 Å². The maximum atomic E-state index is 12.7. The van der Waals surface area contributed by atoms with E-state index in [9.17, 15) is 18.4 Å². The Morgan fingerprint density at radius 1 is 1.14 bits per heavy atom. The van der Waals surface area contributed by atoms with Crippen LogP contribution >= 0.6 is 0 Å². The van der Waals surface area contributed by atoms with Crippen LogP contribution in [-0.2, 0) is 4.79 Å². The van der Waals surface area contributed by atoms with Crippen molar-refractivity contribution in [2.75, 3.05) is 19.0 Å². The van der Waals surface area contributed by atoms with Gasteiger partial charge in [0.2, 0.25) is 0 Å². The van der Waals surface area contributed by atoms with E-state index in [-0.39, 0.29) is 30.1 Å². The van der Waals surface area contributed by atoms with Gasteiger partial charge in [0.1, 0.15) is 5.75 Å². The highest BCUT2D eigenvalue weighted by Crippen LogP contribution is 2.33. The van der Waals surface area contributed by atoms with E-state index < -0.39 is 18.5 Å². The van der Waals surface area contributed by atoms with Crippen LogP contribution in [-0.4, -0.2) is 37.3 Å². The van der Waals surface area contributed by atoms with E-state index in [0.29, 0.717) is 17.9 Å². The minimum Gasteiger partial charge on any atom is -0.494 e. The summed E-state index contributed by atoms with van der Waals surface area (Å²) in [6.07, 6.45) is 0.383. The van der Waals surface area contributed by atoms with E-state index >= 15 is 0 Å². The zero-order chi connectivity index (χ0) is 20.5. The lowest BCUT2D eigenvalue weighted by Crippen LogP contribution is -2.15. The third-order valence-corrected chi connectivity index (χ3v) is 3.57. The molecule has 0 aliphatic rings. The summed E-state index contributed by atoms with van der Waals surface area (Å²) < 4.78 is 40.1. The Hall–Kier alpha value is -3.36. The molecule has 0 aromatic heterocycles. The number of carboxylic acids is 1. The monoisotopic (exact) mass is 395 g/mol. The van der Waals surface area contributed by atoms with Crippen molar-refractivity contribution < 1.29 is 37.7 Å². The number of hydrogen-bond donors (Lipinski definition) is 2. The number of halogens is 2. The standard InChI is InChI=1S/C19H19F2NO6/c1-26-15-5-2-4-14(17(15)28-19(20)21)18(25)22-12-7-9-13(10-8-12)27-11-3-6-16(23)24/h2,4-5,7-10,19H,3,6,11H2,1H3,(H,22,25)(H,23,24). The molecular formula is C19H19F2NO6. The lowest BCUT2D eigenvalue weighted by atomic mass is 10.1. The van der Waals surface area contributed by atoms with E-state index in [1.165, 1.54) is 25.3 Å². The predicted molar refractivity (Wildman–Crippen MR) is 96.4 cm³/mol. The topological polar surface area (TPSA) is 94.1 Å². The molecule has 0 radical (unpaired) electrons. The Kier molecular flexibility index (Phi) is 7.55. The molecule has 0 heterocycles. The van der Waals surface area contributed by atoms with Gasteiger partial charge in [-0.15, -0.1) is 0 Å². The molecule has 0 bridgehead atoms. The minimum absolute atomic E-state index is 0.0116. The Bertz CT molecular complexity index is 811. The molecule has 0 saturated heterocycles. The van der Waals surface area contributed by atoms with Gasteiger partial charge in [-0.1, -0.05) is 6.07 Å². The first-order valence-electron chi connectivity index (χ1n) is 8.28. The van der Waals surface area contributed by atoms with Crippen LogP contribution in [0.5, 0.6) is 17.2 Å². The number of anilines is 1. The van der Waals surface area contributed by atoms with Crippen molar-refractivity contribution in [1.29, 1.82) is 0 Å². The maximum Gasteiger partial charge on any atom is 0.387 e. The van der Waals surface area contributed by atoms with Gasteiger partial charge in [-0.25, -0.2) is 0 Å². The lowest BCUT2D eigenvalue weighted by molar-refractivity contribution is -0.137. The number of aliphatic carboxylic acids is 1. The number of benzene rings is 2. The summed E-state index contributed by atoms with van der Waals surface area (Å²) in [5.74, 6) is -1.38. The van der Waals surface area contributed by atoms with Gasteiger partial charge < -0.3 is 24.6 Å². The highest BCUT2D eigenvalue weighted by atomic mass is 19.3. The molecule has 28 heavy (non-hydrogen) atoms. The van der Waals surface area contributed by atoms with Gasteiger partial charge in [0.15, 0.2) is 11.5 Å². The van der Waals surface area contributed by atoms with Crippen molar-refractivity contribution in [3.8, 4) is 17.2 Å². The molecule has 7 nitrogen and oxygen atoms in total. The second kappa shape index (κ2) is 10.1. The molecular weight excluding hydrogens is 376 g/mol. The van der Waals surface area contributed by atoms with Crippen LogP contribution in [0.25, 0.3) is 0 Å². The number of nitrogens with one attached hydrogen (secondary N) is 1. The molecule has 2 N–H and O–H groups in total. The molecule has 0 spiro atoms. The van der Waals surface area contributed by atoms with Crippen LogP contribution in [0.4, 0.5) is 14.5 Å². The third-order valence-electron chi connectivity index (χ3n) is 3.57. The Balaban J connectivity index is 2.04. The summed E-state index contributed by atoms with van der Waals surface area (Å²) in [5, 5.41) is 11.2. The van der Waals surface area contributed by atoms with Crippen molar-refractivity contribution >= 4 is 17.6 Å². The number of para-hydroxylation sites is 1. The van der Waals surface area contributed by atoms with Crippen molar-refractivity contribution in [2.24, 2.45) is 0 Å². The van der Waals surface area contributed by atoms with Gasteiger partial charge in [0, 0.05) is 12.1 Å². The number of ether oxygens (including phenoxy) is 3. The van der Waals surface area contributed by atoms with Gasteiger partial charge in [-0.05, 0) is 42.8 Å². The molecule has 9 heteroatoms. The quantitative estimate of drug-likeness (QED) is 0.595. The number of hydrogen-bond acceptors (Lipinski definition) is 5. The Labute approximate surface area is 159 Å². The first-order chi connectivity index (χ1) is 13.4. The van der Waals surface area contributed by atoms with Crippen molar-refractivity contribution in [3.63, 3.8) is 0 Å². The number of methoxy groups -OCH3 is 1. The van der Waals surface area contributed by atoms with E-state index in [1.54, 1.807) is 24.3 Å². The fourth-order valence-electron chi connectivity index (χ4n) is 2.31. The molecule has 2 aromatic rings. The molecule has 0 aliphatic heterocycles. The lowest BCUT2D eigenvalue weighted by Gasteiger charge is -2.14. The Morgan fingerprint density at radius 2 is 1.86 bits per heavy atom. The normalized spacial score (nSPS) is 10.4. The van der Waals surface area contributed by atoms with E-state index in [2.05, 4.69) is 10.1 Å². The fourth-order valence-corrected chi connectivity index (χ4v) is 2.31. The first kappa shape index (κ1) is 20.9. The van der Waals surface area contributed by atoms with E-state index in [1.807, 2.05) is 0 Å². The molecule has 2 aromatic carbocycles. The van der Waals surface area contributed by atoms with E-state index in [0.717, 1.165) is 0 Å². The number of alkyl halides is 2. The second-order valence-electron chi connectivity index (χ2n) is 5.54. The van der Waals surface area contributed by atoms with Crippen LogP contribution in [0.15, 0.2) is 42.5 Å². The third kappa shape index (κ3) is 6.11. The average Bonchev–Trinajstić information content (AvgIpc) is 2.66. The summed E-state index contributed by atoms with van der Waals surface area (Å²) in [7, 11) is 1.28. The van der Waals surface area contributed by atoms with Crippen LogP contribution in [0.3, 0.4) is 0 Å². The number of carboxylic acid groups (broad SMARTS) is 1. The summed E-state index contributed by atoms with van der Waals surface area (Å²) in [5.41, 5.74) is 0.308. The van der Waals surface area contributed by atoms with Gasteiger partial charge in [-0.2, -0.15) is 8.78 Å². The van der Waals surface area contributed by atoms with Crippen molar-refractivity contribution in [2.45, 2.75) is 19.5 Å². The summed E-state index contributed by atoms with van der Waals surface area (Å²) in [4.78, 5) is 22.9. The van der Waals surface area contributed by atoms with Crippen LogP contribution in [0.1, 0.15) is 23.2 Å². The zero-order valence-electron chi connectivity index (χ0n) is 15.0. The highest BCUT2D eigenvalue weighted by molar-refractivity contribution is 6.06. The fraction of sp³-hybridized carbons (Fsp3) is 0.263. The van der Waals surface area contributed by atoms with Gasteiger partial charge >= 0.3 is 12.6 Å². The summed E-state index contributed by atoms with van der Waals surface area (Å²) in [6.45, 7) is -2.86. The zero-order valence-corrected chi connectivity index (χ0v) is 15.0. The van der Waals surface area contributed by atoms with Crippen molar-refractivity contribution in [1.82, 2.24) is 0 Å². The molecule has 0 saturated carbocycles. The maximum absolute atomic E-state index is 12.7. The number of carbonyl (C=O) groups is 2. The number of rotatable bonds is 10. The molecule has 0 aliphatic carbocycles. The van der Waals surface area contributed by atoms with Crippen molar-refractivity contribution in [3.05, 3.63) is 48.0 Å². The molecule has 0 atom stereocenters. The first-order valence-corrected chi connectivity index (χ1v) is 8.28. The number of amides is 1. The van der Waals surface area contributed by atoms with E-state index in [4.69, 9.17) is 14.6 Å². The SMILES string of the molecule is COc1cccc(C(=O)Nc2ccc(OCCCC(=O)O)cc2)c1OC(F)F.